The van der Waals surface area contributed by atoms with E-state index >= 15 is 0 Å². The minimum Gasteiger partial charge on any atom is -0.354 e. The molecule has 0 heterocycles. The van der Waals surface area contributed by atoms with Crippen LogP contribution in [-0.4, -0.2) is 50.5 Å². The lowest BCUT2D eigenvalue weighted by Gasteiger charge is -2.33. The summed E-state index contributed by atoms with van der Waals surface area (Å²) < 4.78 is 26.8. The first kappa shape index (κ1) is 31.2. The molecule has 0 aliphatic heterocycles. The normalized spacial score (nSPS) is 12.0. The lowest BCUT2D eigenvalue weighted by Crippen LogP contribution is -2.53. The average Bonchev–Trinajstić information content (AvgIpc) is 2.93. The molecule has 40 heavy (non-hydrogen) atoms. The fraction of sp³-hybridized carbons (Fsp3) is 0.355. The molecule has 0 saturated carbocycles. The van der Waals surface area contributed by atoms with Gasteiger partial charge in [0.25, 0.3) is 0 Å². The molecular formula is C31H38ClN3O4S. The van der Waals surface area contributed by atoms with Crippen molar-refractivity contribution in [2.24, 2.45) is 0 Å². The second-order valence-electron chi connectivity index (χ2n) is 9.79. The van der Waals surface area contributed by atoms with Crippen LogP contribution in [0.3, 0.4) is 0 Å². The van der Waals surface area contributed by atoms with Crippen molar-refractivity contribution in [3.63, 3.8) is 0 Å². The number of unbranched alkanes of at least 4 members (excludes halogenated alkanes) is 1. The predicted octanol–water partition coefficient (Wildman–Crippen LogP) is 5.22. The summed E-state index contributed by atoms with van der Waals surface area (Å²) in [5.74, 6) is -0.776. The lowest BCUT2D eigenvalue weighted by molar-refractivity contribution is -0.140. The zero-order chi connectivity index (χ0) is 29.1. The minimum atomic E-state index is -3.80. The Morgan fingerprint density at radius 1 is 0.900 bits per heavy atom. The number of anilines is 1. The molecule has 0 spiro atoms. The van der Waals surface area contributed by atoms with Crippen LogP contribution in [-0.2, 0) is 39.0 Å². The van der Waals surface area contributed by atoms with E-state index in [2.05, 4.69) is 5.32 Å². The van der Waals surface area contributed by atoms with Gasteiger partial charge in [-0.3, -0.25) is 13.9 Å². The molecule has 214 valence electrons. The second-order valence-corrected chi connectivity index (χ2v) is 12.1. The first-order valence-corrected chi connectivity index (χ1v) is 15.8. The van der Waals surface area contributed by atoms with E-state index < -0.39 is 28.5 Å². The lowest BCUT2D eigenvalue weighted by atomic mass is 10.0. The van der Waals surface area contributed by atoms with Crippen molar-refractivity contribution in [2.75, 3.05) is 23.7 Å². The van der Waals surface area contributed by atoms with Gasteiger partial charge in [-0.25, -0.2) is 8.42 Å². The van der Waals surface area contributed by atoms with Crippen molar-refractivity contribution < 1.29 is 18.0 Å². The van der Waals surface area contributed by atoms with Gasteiger partial charge in [0, 0.05) is 24.5 Å². The van der Waals surface area contributed by atoms with Gasteiger partial charge in [0.05, 0.1) is 11.9 Å². The summed E-state index contributed by atoms with van der Waals surface area (Å²) >= 11 is 6.24. The van der Waals surface area contributed by atoms with Gasteiger partial charge in [0.1, 0.15) is 12.6 Å². The van der Waals surface area contributed by atoms with E-state index in [-0.39, 0.29) is 18.9 Å². The largest absolute Gasteiger partial charge is 0.354 e. The van der Waals surface area contributed by atoms with E-state index in [0.29, 0.717) is 17.3 Å². The Morgan fingerprint density at radius 2 is 1.57 bits per heavy atom. The van der Waals surface area contributed by atoms with Crippen molar-refractivity contribution in [1.82, 2.24) is 10.2 Å². The highest BCUT2D eigenvalue weighted by Crippen LogP contribution is 2.22. The molecule has 0 saturated heterocycles. The Kier molecular flexibility index (Phi) is 11.6. The summed E-state index contributed by atoms with van der Waals surface area (Å²) in [6, 6.07) is 22.8. The Bertz CT molecular complexity index is 1360. The Hall–Kier alpha value is -3.36. The molecule has 3 aromatic rings. The molecule has 0 radical (unpaired) electrons. The minimum absolute atomic E-state index is 0.0878. The van der Waals surface area contributed by atoms with E-state index in [1.807, 2.05) is 62.4 Å². The number of halogens is 1. The van der Waals surface area contributed by atoms with Gasteiger partial charge in [-0.15, -0.1) is 0 Å². The van der Waals surface area contributed by atoms with Gasteiger partial charge in [0.2, 0.25) is 21.8 Å². The number of carbonyl (C=O) groups excluding carboxylic acids is 2. The van der Waals surface area contributed by atoms with Gasteiger partial charge in [-0.05, 0) is 53.8 Å². The van der Waals surface area contributed by atoms with Crippen LogP contribution < -0.4 is 9.62 Å². The van der Waals surface area contributed by atoms with Crippen molar-refractivity contribution in [3.8, 4) is 0 Å². The molecule has 9 heteroatoms. The highest BCUT2D eigenvalue weighted by molar-refractivity contribution is 7.92. The van der Waals surface area contributed by atoms with Crippen LogP contribution in [0.4, 0.5) is 5.69 Å². The fourth-order valence-corrected chi connectivity index (χ4v) is 5.47. The van der Waals surface area contributed by atoms with Gasteiger partial charge < -0.3 is 10.2 Å². The number of rotatable bonds is 14. The van der Waals surface area contributed by atoms with E-state index in [1.54, 1.807) is 30.3 Å². The summed E-state index contributed by atoms with van der Waals surface area (Å²) in [6.45, 7) is 4.18. The molecular weight excluding hydrogens is 546 g/mol. The van der Waals surface area contributed by atoms with E-state index in [4.69, 9.17) is 11.6 Å². The number of amides is 2. The first-order valence-electron chi connectivity index (χ1n) is 13.5. The van der Waals surface area contributed by atoms with Gasteiger partial charge in [0.15, 0.2) is 0 Å². The third-order valence-electron chi connectivity index (χ3n) is 6.65. The molecule has 3 rings (SSSR count). The van der Waals surface area contributed by atoms with Crippen LogP contribution in [0.2, 0.25) is 5.02 Å². The van der Waals surface area contributed by atoms with Gasteiger partial charge in [-0.1, -0.05) is 86.5 Å². The summed E-state index contributed by atoms with van der Waals surface area (Å²) in [6.07, 6.45) is 3.87. The van der Waals surface area contributed by atoms with E-state index in [9.17, 15) is 18.0 Å². The molecule has 0 bridgehead atoms. The topological polar surface area (TPSA) is 86.8 Å². The standard InChI is InChI=1S/C31H38ClN3O4S/c1-4-6-19-33-31(37)29(21-25-11-8-7-9-12-25)34(22-26-13-10-14-27(32)20-26)30(36)23-35(40(3,38)39)28-17-15-24(5-2)16-18-28/h7-18,20,29H,4-6,19,21-23H2,1-3H3,(H,33,37)/t29-/m0/s1. The number of hydrogen-bond acceptors (Lipinski definition) is 4. The van der Waals surface area contributed by atoms with Crippen LogP contribution in [0.1, 0.15) is 43.4 Å². The van der Waals surface area contributed by atoms with Crippen LogP contribution in [0.5, 0.6) is 0 Å². The quantitative estimate of drug-likeness (QED) is 0.263. The molecule has 1 N–H and O–H groups in total. The van der Waals surface area contributed by atoms with Crippen molar-refractivity contribution in [1.29, 1.82) is 0 Å². The summed E-state index contributed by atoms with van der Waals surface area (Å²) in [5, 5.41) is 3.48. The number of carbonyl (C=O) groups is 2. The maximum Gasteiger partial charge on any atom is 0.244 e. The SMILES string of the molecule is CCCCNC(=O)[C@H](Cc1ccccc1)N(Cc1cccc(Cl)c1)C(=O)CN(c1ccc(CC)cc1)S(C)(=O)=O. The smallest absolute Gasteiger partial charge is 0.244 e. The number of benzene rings is 3. The number of nitrogens with zero attached hydrogens (tertiary/aromatic N) is 2. The van der Waals surface area contributed by atoms with Crippen molar-refractivity contribution in [3.05, 3.63) is 101 Å². The third kappa shape index (κ3) is 9.10. The predicted molar refractivity (Wildman–Crippen MR) is 162 cm³/mol. The Balaban J connectivity index is 2.02. The molecule has 7 nitrogen and oxygen atoms in total. The van der Waals surface area contributed by atoms with Gasteiger partial charge >= 0.3 is 0 Å². The van der Waals surface area contributed by atoms with Crippen LogP contribution in [0, 0.1) is 0 Å². The molecule has 0 unspecified atom stereocenters. The molecule has 0 fully saturated rings. The third-order valence-corrected chi connectivity index (χ3v) is 8.03. The van der Waals surface area contributed by atoms with E-state index in [1.165, 1.54) is 4.90 Å². The second kappa shape index (κ2) is 14.9. The first-order chi connectivity index (χ1) is 19.1. The highest BCUT2D eigenvalue weighted by Gasteiger charge is 2.33. The number of aryl methyl sites for hydroxylation is 1. The highest BCUT2D eigenvalue weighted by atomic mass is 35.5. The zero-order valence-electron chi connectivity index (χ0n) is 23.3. The maximum absolute atomic E-state index is 14.1. The molecule has 1 atom stereocenters. The summed E-state index contributed by atoms with van der Waals surface area (Å²) in [5.41, 5.74) is 3.07. The fourth-order valence-electron chi connectivity index (χ4n) is 4.40. The van der Waals surface area contributed by atoms with Crippen LogP contribution >= 0.6 is 11.6 Å². The zero-order valence-corrected chi connectivity index (χ0v) is 24.9. The van der Waals surface area contributed by atoms with E-state index in [0.717, 1.165) is 46.5 Å². The van der Waals surface area contributed by atoms with Crippen molar-refractivity contribution >= 4 is 39.1 Å². The summed E-state index contributed by atoms with van der Waals surface area (Å²) in [4.78, 5) is 29.1. The Labute approximate surface area is 243 Å². The summed E-state index contributed by atoms with van der Waals surface area (Å²) in [7, 11) is -3.80. The monoisotopic (exact) mass is 583 g/mol. The molecule has 0 aliphatic carbocycles. The Morgan fingerprint density at radius 3 is 2.17 bits per heavy atom. The molecule has 0 aliphatic rings. The van der Waals surface area contributed by atoms with Crippen LogP contribution in [0.25, 0.3) is 0 Å². The molecule has 3 aromatic carbocycles. The number of sulfonamides is 1. The number of hydrogen-bond donors (Lipinski definition) is 1. The maximum atomic E-state index is 14.1. The average molecular weight is 584 g/mol. The van der Waals surface area contributed by atoms with Gasteiger partial charge in [-0.2, -0.15) is 0 Å². The molecule has 0 aromatic heterocycles. The van der Waals surface area contributed by atoms with Crippen LogP contribution in [0.15, 0.2) is 78.9 Å². The van der Waals surface area contributed by atoms with Crippen molar-refractivity contribution in [2.45, 2.75) is 52.1 Å². The number of nitrogens with one attached hydrogen (secondary N) is 1. The molecule has 2 amide bonds.